The van der Waals surface area contributed by atoms with Crippen LogP contribution < -0.4 is 0 Å². The van der Waals surface area contributed by atoms with Crippen LogP contribution in [0.2, 0.25) is 0 Å². The first-order valence-electron chi connectivity index (χ1n) is 7.75. The summed E-state index contributed by atoms with van der Waals surface area (Å²) >= 11 is 0. The number of carboxylic acid groups (broad SMARTS) is 1. The molecule has 0 aliphatic carbocycles. The van der Waals surface area contributed by atoms with E-state index in [0.717, 1.165) is 11.9 Å². The maximum atomic E-state index is 12.7. The Labute approximate surface area is 152 Å². The predicted octanol–water partition coefficient (Wildman–Crippen LogP) is 2.38. The summed E-state index contributed by atoms with van der Waals surface area (Å²) in [6.07, 6.45) is -2.98. The highest BCUT2D eigenvalue weighted by Crippen LogP contribution is 2.35. The molecule has 0 spiro atoms. The van der Waals surface area contributed by atoms with Crippen molar-refractivity contribution in [1.29, 1.82) is 0 Å². The Hall–Kier alpha value is -2.33. The Morgan fingerprint density at radius 3 is 2.42 bits per heavy atom. The van der Waals surface area contributed by atoms with Gasteiger partial charge in [-0.15, -0.1) is 0 Å². The molecule has 2 amide bonds. The summed E-state index contributed by atoms with van der Waals surface area (Å²) in [5, 5.41) is 9.24. The first kappa shape index (κ1) is 20.0. The van der Waals surface area contributed by atoms with E-state index in [9.17, 15) is 23.1 Å². The molecule has 9 nitrogen and oxygen atoms in total. The third kappa shape index (κ3) is 3.75. The molecule has 1 aromatic carbocycles. The molecule has 1 aliphatic heterocycles. The lowest BCUT2D eigenvalue weighted by Gasteiger charge is -2.24. The fourth-order valence-electron chi connectivity index (χ4n) is 2.56. The molecular formula is C16H22N2O7S. The summed E-state index contributed by atoms with van der Waals surface area (Å²) in [5.74, 6) is 0. The van der Waals surface area contributed by atoms with Crippen LogP contribution in [0.15, 0.2) is 23.1 Å². The lowest BCUT2D eigenvalue weighted by molar-refractivity contribution is -0.0139. The van der Waals surface area contributed by atoms with Gasteiger partial charge in [-0.2, -0.15) is 0 Å². The van der Waals surface area contributed by atoms with Gasteiger partial charge in [-0.05, 0) is 38.5 Å². The van der Waals surface area contributed by atoms with Crippen LogP contribution in [0.5, 0.6) is 0 Å². The molecule has 1 heterocycles. The molecule has 2 rings (SSSR count). The molecule has 0 aromatic heterocycles. The smallest absolute Gasteiger partial charge is 0.424 e. The number of carbonyl (C=O) groups is 2. The summed E-state index contributed by atoms with van der Waals surface area (Å²) in [5.41, 5.74) is 0.221. The van der Waals surface area contributed by atoms with E-state index in [1.807, 2.05) is 0 Å². The highest BCUT2D eigenvalue weighted by atomic mass is 32.2. The van der Waals surface area contributed by atoms with Crippen LogP contribution in [0.25, 0.3) is 0 Å². The second kappa shape index (κ2) is 6.76. The summed E-state index contributed by atoms with van der Waals surface area (Å²) in [7, 11) is -1.66. The van der Waals surface area contributed by atoms with Gasteiger partial charge in [-0.3, -0.25) is 4.90 Å². The minimum Gasteiger partial charge on any atom is -0.465 e. The standard InChI is InChI=1S/C16H22N2O7S/c1-16(2,3)25-15(21)17(4)26(22,23)11-6-7-12-10(8-11)9-18(14(19)20)13(12)24-5/h6-8,13H,9H2,1-5H3,(H,19,20). The molecule has 1 aliphatic rings. The quantitative estimate of drug-likeness (QED) is 0.848. The fraction of sp³-hybridized carbons (Fsp3) is 0.500. The molecule has 1 aromatic rings. The number of sulfonamides is 1. The monoisotopic (exact) mass is 386 g/mol. The molecule has 10 heteroatoms. The second-order valence-electron chi connectivity index (χ2n) is 6.81. The molecule has 0 saturated carbocycles. The normalized spacial score (nSPS) is 17.0. The Morgan fingerprint density at radius 2 is 1.92 bits per heavy atom. The topological polar surface area (TPSA) is 113 Å². The summed E-state index contributed by atoms with van der Waals surface area (Å²) in [6.45, 7) is 4.88. The maximum absolute atomic E-state index is 12.7. The fourth-order valence-corrected chi connectivity index (χ4v) is 3.64. The number of methoxy groups -OCH3 is 1. The van der Waals surface area contributed by atoms with Crippen molar-refractivity contribution in [2.45, 2.75) is 44.0 Å². The number of carbonyl (C=O) groups excluding carboxylic acids is 1. The van der Waals surface area contributed by atoms with Crippen molar-refractivity contribution >= 4 is 22.2 Å². The summed E-state index contributed by atoms with van der Waals surface area (Å²) in [4.78, 5) is 24.3. The van der Waals surface area contributed by atoms with Crippen LogP contribution in [0.4, 0.5) is 9.59 Å². The Morgan fingerprint density at radius 1 is 1.31 bits per heavy atom. The first-order chi connectivity index (χ1) is 11.9. The number of hydrogen-bond donors (Lipinski definition) is 1. The number of benzene rings is 1. The van der Waals surface area contributed by atoms with Crippen LogP contribution in [-0.2, 0) is 26.0 Å². The minimum atomic E-state index is -4.14. The Balaban J connectivity index is 2.35. The second-order valence-corrected chi connectivity index (χ2v) is 8.78. The molecule has 0 saturated heterocycles. The van der Waals surface area contributed by atoms with Gasteiger partial charge in [-0.25, -0.2) is 22.3 Å². The van der Waals surface area contributed by atoms with E-state index >= 15 is 0 Å². The van der Waals surface area contributed by atoms with Crippen LogP contribution in [0.3, 0.4) is 0 Å². The zero-order valence-electron chi connectivity index (χ0n) is 15.2. The van der Waals surface area contributed by atoms with E-state index in [4.69, 9.17) is 9.47 Å². The predicted molar refractivity (Wildman–Crippen MR) is 90.9 cm³/mol. The molecule has 144 valence electrons. The zero-order chi connectivity index (χ0) is 19.9. The van der Waals surface area contributed by atoms with Gasteiger partial charge < -0.3 is 14.6 Å². The zero-order valence-corrected chi connectivity index (χ0v) is 16.0. The number of ether oxygens (including phenoxy) is 2. The van der Waals surface area contributed by atoms with Crippen molar-refractivity contribution in [3.63, 3.8) is 0 Å². The number of fused-ring (bicyclic) bond motifs is 1. The van der Waals surface area contributed by atoms with Gasteiger partial charge in [0.2, 0.25) is 0 Å². The van der Waals surface area contributed by atoms with Gasteiger partial charge in [0.25, 0.3) is 10.0 Å². The van der Waals surface area contributed by atoms with Crippen LogP contribution >= 0.6 is 0 Å². The number of nitrogens with zero attached hydrogens (tertiary/aromatic N) is 2. The molecule has 1 atom stereocenters. The number of amides is 2. The van der Waals surface area contributed by atoms with Crippen LogP contribution in [0, 0.1) is 0 Å². The van der Waals surface area contributed by atoms with Crippen LogP contribution in [-0.4, -0.2) is 54.7 Å². The lowest BCUT2D eigenvalue weighted by Crippen LogP contribution is -2.38. The highest BCUT2D eigenvalue weighted by molar-refractivity contribution is 7.89. The Kier molecular flexibility index (Phi) is 5.20. The van der Waals surface area contributed by atoms with Gasteiger partial charge in [0.1, 0.15) is 5.60 Å². The van der Waals surface area contributed by atoms with Crippen molar-refractivity contribution in [2.75, 3.05) is 14.2 Å². The average molecular weight is 386 g/mol. The summed E-state index contributed by atoms with van der Waals surface area (Å²) in [6, 6.07) is 4.15. The van der Waals surface area contributed by atoms with Crippen LogP contribution in [0.1, 0.15) is 38.1 Å². The number of hydrogen-bond acceptors (Lipinski definition) is 6. The molecular weight excluding hydrogens is 364 g/mol. The molecule has 0 radical (unpaired) electrons. The Bertz CT molecular complexity index is 829. The van der Waals surface area contributed by atoms with E-state index in [1.54, 1.807) is 20.8 Å². The van der Waals surface area contributed by atoms with E-state index in [0.29, 0.717) is 15.4 Å². The minimum absolute atomic E-state index is 0.0112. The van der Waals surface area contributed by atoms with Gasteiger partial charge >= 0.3 is 12.2 Å². The van der Waals surface area contributed by atoms with Gasteiger partial charge in [0.05, 0.1) is 11.4 Å². The highest BCUT2D eigenvalue weighted by Gasteiger charge is 2.36. The molecule has 26 heavy (non-hydrogen) atoms. The van der Waals surface area contributed by atoms with E-state index in [-0.39, 0.29) is 11.4 Å². The van der Waals surface area contributed by atoms with E-state index < -0.39 is 34.0 Å². The van der Waals surface area contributed by atoms with Gasteiger partial charge in [0.15, 0.2) is 6.23 Å². The third-order valence-electron chi connectivity index (χ3n) is 3.78. The number of rotatable bonds is 3. The average Bonchev–Trinajstić information content (AvgIpc) is 2.90. The van der Waals surface area contributed by atoms with Gasteiger partial charge in [0, 0.05) is 19.7 Å². The maximum Gasteiger partial charge on any atom is 0.424 e. The lowest BCUT2D eigenvalue weighted by atomic mass is 10.1. The molecule has 0 fully saturated rings. The van der Waals surface area contributed by atoms with Crippen molar-refractivity contribution in [3.8, 4) is 0 Å². The van der Waals surface area contributed by atoms with Crippen molar-refractivity contribution in [3.05, 3.63) is 29.3 Å². The third-order valence-corrected chi connectivity index (χ3v) is 5.50. The van der Waals surface area contributed by atoms with Gasteiger partial charge in [-0.1, -0.05) is 6.07 Å². The van der Waals surface area contributed by atoms with Crippen molar-refractivity contribution in [2.24, 2.45) is 0 Å². The molecule has 0 bridgehead atoms. The first-order valence-corrected chi connectivity index (χ1v) is 9.19. The molecule has 1 unspecified atom stereocenters. The van der Waals surface area contributed by atoms with Crippen molar-refractivity contribution < 1.29 is 32.6 Å². The largest absolute Gasteiger partial charge is 0.465 e. The summed E-state index contributed by atoms with van der Waals surface area (Å²) < 4.78 is 36.2. The van der Waals surface area contributed by atoms with E-state index in [2.05, 4.69) is 0 Å². The van der Waals surface area contributed by atoms with E-state index in [1.165, 1.54) is 25.3 Å². The van der Waals surface area contributed by atoms with Crippen molar-refractivity contribution in [1.82, 2.24) is 9.21 Å². The molecule has 1 N–H and O–H groups in total. The SMILES string of the molecule is COC1c2ccc(S(=O)(=O)N(C)C(=O)OC(C)(C)C)cc2CN1C(=O)O.